The highest BCUT2D eigenvalue weighted by Crippen LogP contribution is 2.26. The lowest BCUT2D eigenvalue weighted by atomic mass is 10.0. The van der Waals surface area contributed by atoms with Crippen LogP contribution in [-0.4, -0.2) is 19.0 Å². The summed E-state index contributed by atoms with van der Waals surface area (Å²) in [6.45, 7) is 0.836. The number of carbonyl (C=O) groups is 1. The summed E-state index contributed by atoms with van der Waals surface area (Å²) in [6, 6.07) is 4.38. The molecule has 0 aromatic heterocycles. The normalized spacial score (nSPS) is 14.6. The van der Waals surface area contributed by atoms with Crippen molar-refractivity contribution in [3.05, 3.63) is 35.1 Å². The van der Waals surface area contributed by atoms with E-state index in [0.29, 0.717) is 18.0 Å². The molecule has 1 amide bonds. The summed E-state index contributed by atoms with van der Waals surface area (Å²) in [5.74, 6) is 5.21. The second-order valence-electron chi connectivity index (χ2n) is 5.40. The summed E-state index contributed by atoms with van der Waals surface area (Å²) in [5, 5.41) is 2.79. The van der Waals surface area contributed by atoms with Gasteiger partial charge in [0, 0.05) is 12.1 Å². The molecule has 3 N–H and O–H groups in total. The summed E-state index contributed by atoms with van der Waals surface area (Å²) in [5.41, 5.74) is 5.86. The Morgan fingerprint density at radius 1 is 1.38 bits per heavy atom. The second kappa shape index (κ2) is 7.80. The molecule has 1 fully saturated rings. The van der Waals surface area contributed by atoms with Gasteiger partial charge in [0.25, 0.3) is 5.91 Å². The van der Waals surface area contributed by atoms with Crippen LogP contribution in [0.5, 0.6) is 0 Å². The van der Waals surface area contributed by atoms with E-state index in [2.05, 4.69) is 17.2 Å². The average Bonchev–Trinajstić information content (AvgIpc) is 2.98. The Bertz CT molecular complexity index is 554. The van der Waals surface area contributed by atoms with Gasteiger partial charge in [0.15, 0.2) is 0 Å². The third-order valence-corrected chi connectivity index (χ3v) is 3.86. The second-order valence-corrected chi connectivity index (χ2v) is 5.40. The minimum Gasteiger partial charge on any atom is -0.352 e. The molecule has 0 aliphatic heterocycles. The fourth-order valence-electron chi connectivity index (χ4n) is 2.71. The first-order valence-corrected chi connectivity index (χ1v) is 7.47. The lowest BCUT2D eigenvalue weighted by Gasteiger charge is -2.10. The number of halogens is 1. The zero-order valence-electron chi connectivity index (χ0n) is 12.1. The van der Waals surface area contributed by atoms with E-state index in [-0.39, 0.29) is 18.0 Å². The van der Waals surface area contributed by atoms with Crippen molar-refractivity contribution in [3.63, 3.8) is 0 Å². The van der Waals surface area contributed by atoms with Gasteiger partial charge in [0.05, 0.1) is 12.1 Å². The monoisotopic (exact) mass is 288 g/mol. The van der Waals surface area contributed by atoms with Gasteiger partial charge in [-0.25, -0.2) is 4.39 Å². The van der Waals surface area contributed by atoms with Crippen molar-refractivity contribution < 1.29 is 9.18 Å². The van der Waals surface area contributed by atoms with E-state index >= 15 is 0 Å². The number of rotatable bonds is 4. The highest BCUT2D eigenvalue weighted by atomic mass is 19.1. The molecule has 0 unspecified atom stereocenters. The summed E-state index contributed by atoms with van der Waals surface area (Å²) < 4.78 is 13.9. The van der Waals surface area contributed by atoms with Crippen molar-refractivity contribution in [2.45, 2.75) is 32.1 Å². The van der Waals surface area contributed by atoms with Crippen LogP contribution in [0.4, 0.5) is 4.39 Å². The van der Waals surface area contributed by atoms with Crippen molar-refractivity contribution in [1.29, 1.82) is 0 Å². The number of hydrogen-bond acceptors (Lipinski definition) is 2. The minimum atomic E-state index is -0.544. The van der Waals surface area contributed by atoms with Crippen molar-refractivity contribution in [3.8, 4) is 11.8 Å². The van der Waals surface area contributed by atoms with Gasteiger partial charge in [-0.1, -0.05) is 37.5 Å². The molecular weight excluding hydrogens is 267 g/mol. The number of amides is 1. The predicted octanol–water partition coefficient (Wildman–Crippen LogP) is 2.45. The van der Waals surface area contributed by atoms with Crippen LogP contribution in [0.3, 0.4) is 0 Å². The van der Waals surface area contributed by atoms with Crippen LogP contribution in [0.25, 0.3) is 0 Å². The van der Waals surface area contributed by atoms with Crippen LogP contribution in [0.1, 0.15) is 48.0 Å². The molecule has 1 saturated carbocycles. The highest BCUT2D eigenvalue weighted by Gasteiger charge is 2.16. The molecule has 0 atom stereocenters. The van der Waals surface area contributed by atoms with Crippen LogP contribution in [0.2, 0.25) is 0 Å². The third kappa shape index (κ3) is 4.57. The molecule has 4 heteroatoms. The highest BCUT2D eigenvalue weighted by molar-refractivity contribution is 5.94. The van der Waals surface area contributed by atoms with Gasteiger partial charge in [-0.05, 0) is 30.5 Å². The summed E-state index contributed by atoms with van der Waals surface area (Å²) >= 11 is 0. The molecule has 0 heterocycles. The number of carbonyl (C=O) groups excluding carboxylic acids is 1. The van der Waals surface area contributed by atoms with Crippen molar-refractivity contribution >= 4 is 5.91 Å². The average molecular weight is 288 g/mol. The van der Waals surface area contributed by atoms with E-state index in [1.54, 1.807) is 6.07 Å². The van der Waals surface area contributed by atoms with E-state index in [1.807, 2.05) is 0 Å². The quantitative estimate of drug-likeness (QED) is 0.836. The molecule has 0 saturated heterocycles. The van der Waals surface area contributed by atoms with Crippen molar-refractivity contribution in [2.24, 2.45) is 11.7 Å². The Balaban J connectivity index is 1.89. The van der Waals surface area contributed by atoms with E-state index in [0.717, 1.165) is 6.42 Å². The predicted molar refractivity (Wildman–Crippen MR) is 81.2 cm³/mol. The summed E-state index contributed by atoms with van der Waals surface area (Å²) in [7, 11) is 0. The summed E-state index contributed by atoms with van der Waals surface area (Å²) in [4.78, 5) is 12.0. The molecule has 112 valence electrons. The van der Waals surface area contributed by atoms with Crippen LogP contribution < -0.4 is 11.1 Å². The standard InChI is InChI=1S/C17H21FN2O/c18-16-12-14(6-3-10-19)7-8-15(16)17(21)20-11-9-13-4-1-2-5-13/h7-8,12-13H,1-2,4-5,9-11,19H2,(H,20,21). The zero-order chi connectivity index (χ0) is 15.1. The van der Waals surface area contributed by atoms with E-state index in [1.165, 1.54) is 37.8 Å². The smallest absolute Gasteiger partial charge is 0.254 e. The molecule has 1 aliphatic carbocycles. The minimum absolute atomic E-state index is 0.0692. The maximum atomic E-state index is 13.9. The Kier molecular flexibility index (Phi) is 5.77. The molecule has 2 rings (SSSR count). The number of nitrogens with two attached hydrogens (primary N) is 1. The third-order valence-electron chi connectivity index (χ3n) is 3.86. The first-order valence-electron chi connectivity index (χ1n) is 7.47. The van der Waals surface area contributed by atoms with Crippen LogP contribution in [0, 0.1) is 23.6 Å². The van der Waals surface area contributed by atoms with E-state index < -0.39 is 5.82 Å². The summed E-state index contributed by atoms with van der Waals surface area (Å²) in [6.07, 6.45) is 6.06. The molecule has 0 spiro atoms. The zero-order valence-corrected chi connectivity index (χ0v) is 12.1. The Hall–Kier alpha value is -1.86. The first-order chi connectivity index (χ1) is 10.2. The van der Waals surface area contributed by atoms with Gasteiger partial charge in [-0.3, -0.25) is 4.79 Å². The molecule has 0 radical (unpaired) electrons. The molecule has 21 heavy (non-hydrogen) atoms. The number of nitrogens with one attached hydrogen (secondary N) is 1. The lowest BCUT2D eigenvalue weighted by molar-refractivity contribution is 0.0947. The van der Waals surface area contributed by atoms with Crippen LogP contribution in [-0.2, 0) is 0 Å². The first kappa shape index (κ1) is 15.5. The molecule has 0 bridgehead atoms. The maximum absolute atomic E-state index is 13.9. The fourth-order valence-corrected chi connectivity index (χ4v) is 2.71. The Morgan fingerprint density at radius 3 is 2.81 bits per heavy atom. The Labute approximate surface area is 125 Å². The van der Waals surface area contributed by atoms with Crippen molar-refractivity contribution in [1.82, 2.24) is 5.32 Å². The van der Waals surface area contributed by atoms with Crippen LogP contribution in [0.15, 0.2) is 18.2 Å². The topological polar surface area (TPSA) is 55.1 Å². The molecule has 1 aromatic carbocycles. The molecule has 1 aromatic rings. The van der Waals surface area contributed by atoms with E-state index in [4.69, 9.17) is 5.73 Å². The number of benzene rings is 1. The van der Waals surface area contributed by atoms with Gasteiger partial charge < -0.3 is 11.1 Å². The van der Waals surface area contributed by atoms with Gasteiger partial charge in [-0.15, -0.1) is 0 Å². The molecule has 3 nitrogen and oxygen atoms in total. The SMILES string of the molecule is NCC#Cc1ccc(C(=O)NCCC2CCCC2)c(F)c1. The Morgan fingerprint density at radius 2 is 2.14 bits per heavy atom. The van der Waals surface area contributed by atoms with E-state index in [9.17, 15) is 9.18 Å². The number of hydrogen-bond donors (Lipinski definition) is 2. The molecular formula is C17H21FN2O. The molecule has 1 aliphatic rings. The largest absolute Gasteiger partial charge is 0.352 e. The van der Waals surface area contributed by atoms with Crippen LogP contribution >= 0.6 is 0 Å². The van der Waals surface area contributed by atoms with Gasteiger partial charge in [0.2, 0.25) is 0 Å². The fraction of sp³-hybridized carbons (Fsp3) is 0.471. The van der Waals surface area contributed by atoms with Gasteiger partial charge in [0.1, 0.15) is 5.82 Å². The van der Waals surface area contributed by atoms with Gasteiger partial charge in [-0.2, -0.15) is 0 Å². The van der Waals surface area contributed by atoms with Crippen molar-refractivity contribution in [2.75, 3.05) is 13.1 Å². The van der Waals surface area contributed by atoms with Gasteiger partial charge >= 0.3 is 0 Å². The lowest BCUT2D eigenvalue weighted by Crippen LogP contribution is -2.26. The maximum Gasteiger partial charge on any atom is 0.254 e.